The van der Waals surface area contributed by atoms with E-state index in [1.807, 2.05) is 6.07 Å². The molecule has 0 aliphatic heterocycles. The monoisotopic (exact) mass is 502 g/mol. The number of oxazole rings is 2. The van der Waals surface area contributed by atoms with Gasteiger partial charge in [0.05, 0.1) is 0 Å². The minimum atomic E-state index is 0.640. The van der Waals surface area contributed by atoms with E-state index >= 15 is 0 Å². The molecule has 2 aromatic heterocycles. The lowest BCUT2D eigenvalue weighted by Gasteiger charge is -2.07. The average Bonchev–Trinajstić information content (AvgIpc) is 3.57. The van der Waals surface area contributed by atoms with Crippen molar-refractivity contribution >= 4 is 33.0 Å². The smallest absolute Gasteiger partial charge is 0.227 e. The van der Waals surface area contributed by atoms with Gasteiger partial charge in [0.25, 0.3) is 0 Å². The van der Waals surface area contributed by atoms with Gasteiger partial charge in [-0.05, 0) is 84.0 Å². The van der Waals surface area contributed by atoms with Crippen molar-refractivity contribution in [2.75, 3.05) is 0 Å². The first-order valence-corrected chi connectivity index (χ1v) is 14.0. The van der Waals surface area contributed by atoms with Gasteiger partial charge in [-0.15, -0.1) is 0 Å². The molecule has 0 aliphatic rings. The van der Waals surface area contributed by atoms with Crippen LogP contribution in [0.4, 0.5) is 0 Å². The predicted octanol–water partition coefficient (Wildman–Crippen LogP) is 9.92. The maximum atomic E-state index is 6.25. The summed E-state index contributed by atoms with van der Waals surface area (Å²) in [5.74, 6) is 1.28. The number of fused-ring (bicyclic) bond motifs is 3. The Hall–Kier alpha value is -3.92. The van der Waals surface area contributed by atoms with Gasteiger partial charge in [0.2, 0.25) is 11.8 Å². The van der Waals surface area contributed by atoms with Gasteiger partial charge in [0.15, 0.2) is 11.2 Å². The van der Waals surface area contributed by atoms with E-state index < -0.39 is 0 Å². The summed E-state index contributed by atoms with van der Waals surface area (Å²) in [6.45, 7) is 4.46. The van der Waals surface area contributed by atoms with E-state index in [9.17, 15) is 0 Å². The Morgan fingerprint density at radius 3 is 1.61 bits per heavy atom. The maximum Gasteiger partial charge on any atom is 0.227 e. The zero-order valence-corrected chi connectivity index (χ0v) is 22.3. The molecule has 4 nitrogen and oxygen atoms in total. The Morgan fingerprint density at radius 2 is 1.08 bits per heavy atom. The highest BCUT2D eigenvalue weighted by atomic mass is 16.4. The van der Waals surface area contributed by atoms with Gasteiger partial charge in [-0.3, -0.25) is 0 Å². The summed E-state index contributed by atoms with van der Waals surface area (Å²) in [4.78, 5) is 9.78. The Kier molecular flexibility index (Phi) is 6.96. The lowest BCUT2D eigenvalue weighted by molar-refractivity contribution is 0.618. The summed E-state index contributed by atoms with van der Waals surface area (Å²) < 4.78 is 12.5. The third-order valence-electron chi connectivity index (χ3n) is 7.43. The molecule has 0 aliphatic carbocycles. The van der Waals surface area contributed by atoms with Crippen molar-refractivity contribution in [1.29, 1.82) is 0 Å². The molecule has 192 valence electrons. The summed E-state index contributed by atoms with van der Waals surface area (Å²) in [6.07, 6.45) is 9.55. The molecule has 6 rings (SSSR count). The van der Waals surface area contributed by atoms with Gasteiger partial charge >= 0.3 is 0 Å². The van der Waals surface area contributed by atoms with Gasteiger partial charge in [-0.1, -0.05) is 75.9 Å². The molecule has 6 aromatic rings. The Balaban J connectivity index is 1.35. The minimum Gasteiger partial charge on any atom is -0.436 e. The van der Waals surface area contributed by atoms with E-state index in [1.165, 1.54) is 49.7 Å². The Bertz CT molecular complexity index is 1710. The molecule has 4 heteroatoms. The molecule has 0 saturated carbocycles. The fourth-order valence-electron chi connectivity index (χ4n) is 5.30. The highest BCUT2D eigenvalue weighted by Crippen LogP contribution is 2.37. The molecule has 0 atom stereocenters. The SMILES string of the molecule is CCCCCCc1ccc2oc(-c3ccc(-c4nc5cc(CCCC)ccc5o4)c4ccccc34)nc2c1. The number of hydrogen-bond donors (Lipinski definition) is 0. The first-order chi connectivity index (χ1) is 18.7. The van der Waals surface area contributed by atoms with Gasteiger partial charge in [0.1, 0.15) is 11.0 Å². The highest BCUT2D eigenvalue weighted by molar-refractivity contribution is 6.03. The topological polar surface area (TPSA) is 52.1 Å². The van der Waals surface area contributed by atoms with Gasteiger partial charge < -0.3 is 8.83 Å². The Labute approximate surface area is 223 Å². The number of unbranched alkanes of at least 4 members (excludes halogenated alkanes) is 4. The third-order valence-corrected chi connectivity index (χ3v) is 7.43. The van der Waals surface area contributed by atoms with Gasteiger partial charge in [0, 0.05) is 11.1 Å². The van der Waals surface area contributed by atoms with E-state index in [1.54, 1.807) is 0 Å². The van der Waals surface area contributed by atoms with Crippen LogP contribution in [0.2, 0.25) is 0 Å². The van der Waals surface area contributed by atoms with Crippen LogP contribution in [0, 0.1) is 0 Å². The maximum absolute atomic E-state index is 6.25. The summed E-state index contributed by atoms with van der Waals surface area (Å²) in [5.41, 5.74) is 8.04. The molecular weight excluding hydrogens is 468 g/mol. The normalized spacial score (nSPS) is 11.7. The molecule has 2 heterocycles. The summed E-state index contributed by atoms with van der Waals surface area (Å²) >= 11 is 0. The van der Waals surface area contributed by atoms with Crippen LogP contribution in [-0.2, 0) is 12.8 Å². The quantitative estimate of drug-likeness (QED) is 0.175. The van der Waals surface area contributed by atoms with Crippen LogP contribution in [-0.4, -0.2) is 9.97 Å². The van der Waals surface area contributed by atoms with Crippen molar-refractivity contribution in [2.24, 2.45) is 0 Å². The molecule has 0 saturated heterocycles. The number of hydrogen-bond acceptors (Lipinski definition) is 4. The summed E-state index contributed by atoms with van der Waals surface area (Å²) in [5, 5.41) is 2.14. The largest absolute Gasteiger partial charge is 0.436 e. The fraction of sp³-hybridized carbons (Fsp3) is 0.294. The lowest BCUT2D eigenvalue weighted by atomic mass is 9.99. The van der Waals surface area contributed by atoms with Crippen LogP contribution in [0.5, 0.6) is 0 Å². The van der Waals surface area contributed by atoms with E-state index in [-0.39, 0.29) is 0 Å². The second kappa shape index (κ2) is 10.8. The van der Waals surface area contributed by atoms with Crippen LogP contribution in [0.1, 0.15) is 63.5 Å². The molecule has 0 unspecified atom stereocenters. The van der Waals surface area contributed by atoms with Crippen molar-refractivity contribution in [3.05, 3.63) is 83.9 Å². The zero-order chi connectivity index (χ0) is 25.9. The van der Waals surface area contributed by atoms with Gasteiger partial charge in [-0.25, -0.2) is 9.97 Å². The fourth-order valence-corrected chi connectivity index (χ4v) is 5.30. The van der Waals surface area contributed by atoms with Crippen LogP contribution >= 0.6 is 0 Å². The second-order valence-corrected chi connectivity index (χ2v) is 10.3. The lowest BCUT2D eigenvalue weighted by Crippen LogP contribution is -1.87. The molecular formula is C34H34N2O2. The molecule has 0 amide bonds. The molecule has 4 aromatic carbocycles. The molecule has 0 bridgehead atoms. The van der Waals surface area contributed by atoms with Crippen molar-refractivity contribution in [2.45, 2.75) is 65.2 Å². The van der Waals surface area contributed by atoms with E-state index in [4.69, 9.17) is 18.8 Å². The molecule has 0 N–H and O–H groups in total. The first-order valence-electron chi connectivity index (χ1n) is 14.0. The van der Waals surface area contributed by atoms with Crippen LogP contribution < -0.4 is 0 Å². The van der Waals surface area contributed by atoms with E-state index in [0.29, 0.717) is 11.8 Å². The van der Waals surface area contributed by atoms with Crippen molar-refractivity contribution in [3.63, 3.8) is 0 Å². The number of nitrogens with zero attached hydrogens (tertiary/aromatic N) is 2. The van der Waals surface area contributed by atoms with Gasteiger partial charge in [-0.2, -0.15) is 0 Å². The molecule has 0 fully saturated rings. The Morgan fingerprint density at radius 1 is 0.553 bits per heavy atom. The summed E-state index contributed by atoms with van der Waals surface area (Å²) in [6, 6.07) is 25.3. The van der Waals surface area contributed by atoms with Crippen molar-refractivity contribution < 1.29 is 8.83 Å². The summed E-state index contributed by atoms with van der Waals surface area (Å²) in [7, 11) is 0. The van der Waals surface area contributed by atoms with Crippen LogP contribution in [0.15, 0.2) is 81.6 Å². The van der Waals surface area contributed by atoms with E-state index in [0.717, 1.165) is 56.9 Å². The number of rotatable bonds is 10. The second-order valence-electron chi connectivity index (χ2n) is 10.3. The molecule has 0 spiro atoms. The minimum absolute atomic E-state index is 0.640. The van der Waals surface area contributed by atoms with E-state index in [2.05, 4.69) is 80.6 Å². The standard InChI is InChI=1S/C34H34N2O2/c1-3-5-7-8-12-24-16-20-32-30(22-24)36-34(38-32)28-18-17-27(25-13-9-10-14-26(25)28)33-35-29-21-23(11-6-4-2)15-19-31(29)37-33/h9-10,13-22H,3-8,11-12H2,1-2H3. The zero-order valence-electron chi connectivity index (χ0n) is 22.3. The van der Waals surface area contributed by atoms with Crippen molar-refractivity contribution in [1.82, 2.24) is 9.97 Å². The molecule has 38 heavy (non-hydrogen) atoms. The van der Waals surface area contributed by atoms with Crippen LogP contribution in [0.25, 0.3) is 55.9 Å². The van der Waals surface area contributed by atoms with Crippen LogP contribution in [0.3, 0.4) is 0 Å². The molecule has 0 radical (unpaired) electrons. The number of aromatic nitrogens is 2. The average molecular weight is 503 g/mol. The number of aryl methyl sites for hydroxylation is 2. The first kappa shape index (κ1) is 24.4. The highest BCUT2D eigenvalue weighted by Gasteiger charge is 2.17. The third kappa shape index (κ3) is 4.83. The van der Waals surface area contributed by atoms with Crippen molar-refractivity contribution in [3.8, 4) is 22.9 Å². The number of benzene rings is 4. The predicted molar refractivity (Wildman–Crippen MR) is 156 cm³/mol.